The van der Waals surface area contributed by atoms with Crippen LogP contribution in [0.2, 0.25) is 0 Å². The Labute approximate surface area is 136 Å². The molecule has 0 radical (unpaired) electrons. The highest BCUT2D eigenvalue weighted by Gasteiger charge is 2.20. The monoisotopic (exact) mass is 335 g/mol. The van der Waals surface area contributed by atoms with E-state index in [2.05, 4.69) is 10.4 Å². The molecule has 2 aromatic rings. The minimum atomic E-state index is -3.44. The Morgan fingerprint density at radius 2 is 1.96 bits per heavy atom. The zero-order chi connectivity index (χ0) is 17.0. The normalized spacial score (nSPS) is 12.8. The van der Waals surface area contributed by atoms with E-state index in [4.69, 9.17) is 0 Å². The quantitative estimate of drug-likeness (QED) is 0.873. The van der Waals surface area contributed by atoms with E-state index in [-0.39, 0.29) is 16.6 Å². The van der Waals surface area contributed by atoms with Gasteiger partial charge in [-0.3, -0.25) is 9.48 Å². The van der Waals surface area contributed by atoms with Gasteiger partial charge < -0.3 is 5.32 Å². The molecule has 1 aromatic carbocycles. The average Bonchev–Trinajstić information content (AvgIpc) is 2.96. The molecule has 0 saturated carbocycles. The summed E-state index contributed by atoms with van der Waals surface area (Å²) >= 11 is 0. The number of carbonyl (C=O) groups is 1. The van der Waals surface area contributed by atoms with Gasteiger partial charge in [0, 0.05) is 18.8 Å². The van der Waals surface area contributed by atoms with Gasteiger partial charge in [0.05, 0.1) is 22.4 Å². The molecule has 124 valence electrons. The topological polar surface area (TPSA) is 81.1 Å². The number of benzene rings is 1. The Bertz CT molecular complexity index is 779. The van der Waals surface area contributed by atoms with Gasteiger partial charge in [-0.15, -0.1) is 0 Å². The fraction of sp³-hybridized carbons (Fsp3) is 0.375. The Kier molecular flexibility index (Phi) is 5.20. The molecule has 0 saturated heterocycles. The van der Waals surface area contributed by atoms with Gasteiger partial charge in [0.1, 0.15) is 0 Å². The molecule has 7 heteroatoms. The van der Waals surface area contributed by atoms with Gasteiger partial charge in [0.25, 0.3) is 5.91 Å². The first-order valence-electron chi connectivity index (χ1n) is 7.44. The molecule has 1 unspecified atom stereocenters. The molecule has 0 aliphatic heterocycles. The number of hydrogen-bond acceptors (Lipinski definition) is 4. The lowest BCUT2D eigenvalue weighted by molar-refractivity contribution is 0.0943. The molecule has 1 amide bonds. The molecule has 2 rings (SSSR count). The smallest absolute Gasteiger partial charge is 0.254 e. The minimum Gasteiger partial charge on any atom is -0.348 e. The highest BCUT2D eigenvalue weighted by Crippen LogP contribution is 2.13. The summed E-state index contributed by atoms with van der Waals surface area (Å²) in [5.74, 6) is -0.472. The van der Waals surface area contributed by atoms with Gasteiger partial charge in [0.2, 0.25) is 0 Å². The van der Waals surface area contributed by atoms with Crippen molar-refractivity contribution in [3.05, 3.63) is 47.8 Å². The molecule has 0 spiro atoms. The van der Waals surface area contributed by atoms with Crippen molar-refractivity contribution in [3.8, 4) is 0 Å². The molecule has 0 fully saturated rings. The summed E-state index contributed by atoms with van der Waals surface area (Å²) in [7, 11) is -3.44. The lowest BCUT2D eigenvalue weighted by Crippen LogP contribution is -2.37. The molecule has 0 bridgehead atoms. The van der Waals surface area contributed by atoms with E-state index < -0.39 is 15.9 Å². The summed E-state index contributed by atoms with van der Waals surface area (Å²) in [6.07, 6.45) is 3.11. The third-order valence-corrected chi connectivity index (χ3v) is 5.38. The van der Waals surface area contributed by atoms with Crippen LogP contribution in [0, 0.1) is 6.92 Å². The van der Waals surface area contributed by atoms with Crippen LogP contribution in [0.1, 0.15) is 29.8 Å². The minimum absolute atomic E-state index is 0.149. The first-order valence-corrected chi connectivity index (χ1v) is 9.10. The second kappa shape index (κ2) is 6.95. The maximum absolute atomic E-state index is 12.4. The van der Waals surface area contributed by atoms with Crippen molar-refractivity contribution in [2.45, 2.75) is 38.3 Å². The number of aryl methyl sites for hydroxylation is 2. The number of aromatic nitrogens is 2. The molecule has 1 heterocycles. The summed E-state index contributed by atoms with van der Waals surface area (Å²) in [5.41, 5.74) is 1.42. The molecular weight excluding hydrogens is 314 g/mol. The summed E-state index contributed by atoms with van der Waals surface area (Å²) in [6.45, 7) is 6.17. The summed E-state index contributed by atoms with van der Waals surface area (Å²) in [5, 5.41) is 6.73. The SMILES string of the molecule is CCn1cc(C(=O)NC(C)CS(=O)(=O)c2ccc(C)cc2)cn1. The fourth-order valence-electron chi connectivity index (χ4n) is 2.17. The molecule has 23 heavy (non-hydrogen) atoms. The summed E-state index contributed by atoms with van der Waals surface area (Å²) < 4.78 is 26.4. The largest absolute Gasteiger partial charge is 0.348 e. The number of rotatable bonds is 6. The van der Waals surface area contributed by atoms with Gasteiger partial charge in [-0.1, -0.05) is 17.7 Å². The number of carbonyl (C=O) groups excluding carboxylic acids is 1. The van der Waals surface area contributed by atoms with Crippen LogP contribution in [-0.4, -0.2) is 35.9 Å². The summed E-state index contributed by atoms with van der Waals surface area (Å²) in [4.78, 5) is 12.4. The molecule has 6 nitrogen and oxygen atoms in total. The molecule has 1 aromatic heterocycles. The highest BCUT2D eigenvalue weighted by molar-refractivity contribution is 7.91. The van der Waals surface area contributed by atoms with Crippen LogP contribution in [-0.2, 0) is 16.4 Å². The molecule has 0 aliphatic rings. The van der Waals surface area contributed by atoms with Gasteiger partial charge in [0.15, 0.2) is 9.84 Å². The fourth-order valence-corrected chi connectivity index (χ4v) is 3.66. The maximum atomic E-state index is 12.4. The second-order valence-corrected chi connectivity index (χ2v) is 7.59. The first-order chi connectivity index (χ1) is 10.8. The van der Waals surface area contributed by atoms with E-state index in [0.29, 0.717) is 12.1 Å². The van der Waals surface area contributed by atoms with Gasteiger partial charge >= 0.3 is 0 Å². The van der Waals surface area contributed by atoms with Crippen LogP contribution < -0.4 is 5.32 Å². The zero-order valence-corrected chi connectivity index (χ0v) is 14.3. The summed E-state index contributed by atoms with van der Waals surface area (Å²) in [6, 6.07) is 6.19. The standard InChI is InChI=1S/C16H21N3O3S/c1-4-19-10-14(9-17-19)16(20)18-13(3)11-23(21,22)15-7-5-12(2)6-8-15/h5-10,13H,4,11H2,1-3H3,(H,18,20). The lowest BCUT2D eigenvalue weighted by Gasteiger charge is -2.14. The predicted octanol–water partition coefficient (Wildman–Crippen LogP) is 1.80. The molecule has 0 aliphatic carbocycles. The van der Waals surface area contributed by atoms with E-state index in [1.165, 1.54) is 6.20 Å². The zero-order valence-electron chi connectivity index (χ0n) is 13.5. The predicted molar refractivity (Wildman–Crippen MR) is 88.1 cm³/mol. The van der Waals surface area contributed by atoms with Gasteiger partial charge in [-0.25, -0.2) is 8.42 Å². The maximum Gasteiger partial charge on any atom is 0.254 e. The van der Waals surface area contributed by atoms with Crippen molar-refractivity contribution in [2.75, 3.05) is 5.75 Å². The molecule has 1 atom stereocenters. The first kappa shape index (κ1) is 17.2. The van der Waals surface area contributed by atoms with Crippen molar-refractivity contribution >= 4 is 15.7 Å². The Morgan fingerprint density at radius 1 is 1.30 bits per heavy atom. The van der Waals surface area contributed by atoms with Crippen molar-refractivity contribution in [3.63, 3.8) is 0 Å². The third-order valence-electron chi connectivity index (χ3n) is 3.45. The van der Waals surface area contributed by atoms with E-state index in [1.54, 1.807) is 42.1 Å². The number of hydrogen-bond donors (Lipinski definition) is 1. The molecular formula is C16H21N3O3S. The Balaban J connectivity index is 2.02. The van der Waals surface area contributed by atoms with Crippen LogP contribution in [0.15, 0.2) is 41.6 Å². The number of nitrogens with one attached hydrogen (secondary N) is 1. The van der Waals surface area contributed by atoms with Crippen LogP contribution >= 0.6 is 0 Å². The van der Waals surface area contributed by atoms with E-state index in [9.17, 15) is 13.2 Å². The number of amides is 1. The third kappa shape index (κ3) is 4.41. The van der Waals surface area contributed by atoms with Crippen LogP contribution in [0.5, 0.6) is 0 Å². The van der Waals surface area contributed by atoms with Crippen molar-refractivity contribution in [1.82, 2.24) is 15.1 Å². The van der Waals surface area contributed by atoms with E-state index in [0.717, 1.165) is 5.56 Å². The van der Waals surface area contributed by atoms with Gasteiger partial charge in [-0.05, 0) is 32.9 Å². The number of sulfone groups is 1. The molecule has 1 N–H and O–H groups in total. The van der Waals surface area contributed by atoms with E-state index in [1.807, 2.05) is 13.8 Å². The van der Waals surface area contributed by atoms with Crippen LogP contribution in [0.25, 0.3) is 0 Å². The van der Waals surface area contributed by atoms with Crippen molar-refractivity contribution in [1.29, 1.82) is 0 Å². The van der Waals surface area contributed by atoms with Gasteiger partial charge in [-0.2, -0.15) is 5.10 Å². The van der Waals surface area contributed by atoms with Crippen molar-refractivity contribution < 1.29 is 13.2 Å². The van der Waals surface area contributed by atoms with E-state index >= 15 is 0 Å². The Morgan fingerprint density at radius 3 is 2.52 bits per heavy atom. The van der Waals surface area contributed by atoms with Crippen molar-refractivity contribution in [2.24, 2.45) is 0 Å². The average molecular weight is 335 g/mol. The second-order valence-electron chi connectivity index (χ2n) is 5.55. The van der Waals surface area contributed by atoms with Crippen LogP contribution in [0.4, 0.5) is 0 Å². The Hall–Kier alpha value is -2.15. The lowest BCUT2D eigenvalue weighted by atomic mass is 10.2. The number of nitrogens with zero attached hydrogens (tertiary/aromatic N) is 2. The van der Waals surface area contributed by atoms with Crippen LogP contribution in [0.3, 0.4) is 0 Å². The highest BCUT2D eigenvalue weighted by atomic mass is 32.2.